The zero-order chi connectivity index (χ0) is 15.7. The van der Waals surface area contributed by atoms with Gasteiger partial charge in [-0.3, -0.25) is 9.59 Å². The molecule has 5 nitrogen and oxygen atoms in total. The molecular formula is C17H21N3O2. The third-order valence-corrected chi connectivity index (χ3v) is 4.19. The van der Waals surface area contributed by atoms with Gasteiger partial charge in [-0.1, -0.05) is 32.0 Å². The Bertz CT molecular complexity index is 705. The molecule has 0 radical (unpaired) electrons. The number of hydrogen-bond acceptors (Lipinski definition) is 2. The minimum Gasteiger partial charge on any atom is -0.353 e. The lowest BCUT2D eigenvalue weighted by atomic mass is 9.99. The Morgan fingerprint density at radius 1 is 1.32 bits per heavy atom. The van der Waals surface area contributed by atoms with E-state index in [2.05, 4.69) is 5.32 Å². The first kappa shape index (κ1) is 14.6. The molecule has 1 atom stereocenters. The van der Waals surface area contributed by atoms with E-state index in [9.17, 15) is 9.59 Å². The highest BCUT2D eigenvalue weighted by atomic mass is 16.2. The second-order valence-electron chi connectivity index (χ2n) is 6.07. The number of para-hydroxylation sites is 1. The molecule has 0 bridgehead atoms. The van der Waals surface area contributed by atoms with E-state index in [4.69, 9.17) is 0 Å². The van der Waals surface area contributed by atoms with Crippen LogP contribution < -0.4 is 5.32 Å². The Kier molecular flexibility index (Phi) is 3.88. The van der Waals surface area contributed by atoms with E-state index >= 15 is 0 Å². The minimum absolute atomic E-state index is 0.00472. The first-order valence-corrected chi connectivity index (χ1v) is 7.69. The molecule has 2 heterocycles. The quantitative estimate of drug-likeness (QED) is 0.936. The number of benzene rings is 1. The van der Waals surface area contributed by atoms with Crippen LogP contribution in [0.3, 0.4) is 0 Å². The van der Waals surface area contributed by atoms with Crippen LogP contribution in [-0.2, 0) is 16.1 Å². The van der Waals surface area contributed by atoms with Crippen LogP contribution in [-0.4, -0.2) is 40.4 Å². The Hall–Kier alpha value is -2.30. The monoisotopic (exact) mass is 299 g/mol. The fourth-order valence-corrected chi connectivity index (χ4v) is 3.14. The summed E-state index contributed by atoms with van der Waals surface area (Å²) < 4.78 is 1.95. The molecule has 1 saturated heterocycles. The van der Waals surface area contributed by atoms with E-state index in [1.165, 1.54) is 0 Å². The molecule has 5 heteroatoms. The van der Waals surface area contributed by atoms with Crippen molar-refractivity contribution in [3.63, 3.8) is 0 Å². The van der Waals surface area contributed by atoms with E-state index in [0.717, 1.165) is 10.9 Å². The summed E-state index contributed by atoms with van der Waals surface area (Å²) in [4.78, 5) is 26.5. The van der Waals surface area contributed by atoms with Crippen molar-refractivity contribution in [2.45, 2.75) is 26.4 Å². The van der Waals surface area contributed by atoms with Crippen LogP contribution in [0.2, 0.25) is 0 Å². The van der Waals surface area contributed by atoms with E-state index in [-0.39, 0.29) is 30.3 Å². The molecule has 3 rings (SSSR count). The van der Waals surface area contributed by atoms with Crippen LogP contribution >= 0.6 is 0 Å². The summed E-state index contributed by atoms with van der Waals surface area (Å²) in [6.07, 6.45) is 1.93. The lowest BCUT2D eigenvalue weighted by Gasteiger charge is -2.37. The molecule has 0 spiro atoms. The number of hydrogen-bond donors (Lipinski definition) is 1. The van der Waals surface area contributed by atoms with Crippen molar-refractivity contribution >= 4 is 22.7 Å². The van der Waals surface area contributed by atoms with Crippen molar-refractivity contribution in [3.8, 4) is 0 Å². The van der Waals surface area contributed by atoms with Crippen LogP contribution in [0.4, 0.5) is 0 Å². The number of aromatic nitrogens is 1. The van der Waals surface area contributed by atoms with Gasteiger partial charge >= 0.3 is 0 Å². The lowest BCUT2D eigenvalue weighted by Crippen LogP contribution is -2.59. The number of nitrogens with one attached hydrogen (secondary N) is 1. The van der Waals surface area contributed by atoms with Gasteiger partial charge in [0.1, 0.15) is 12.6 Å². The molecule has 1 N–H and O–H groups in total. The number of carbonyl (C=O) groups is 2. The van der Waals surface area contributed by atoms with Crippen molar-refractivity contribution in [3.05, 3.63) is 36.5 Å². The molecule has 2 aromatic rings. The van der Waals surface area contributed by atoms with E-state index in [1.807, 2.05) is 54.9 Å². The highest BCUT2D eigenvalue weighted by molar-refractivity contribution is 5.90. The molecule has 1 aliphatic heterocycles. The first-order chi connectivity index (χ1) is 10.6. The topological polar surface area (TPSA) is 54.3 Å². The van der Waals surface area contributed by atoms with Crippen LogP contribution in [0.15, 0.2) is 36.5 Å². The zero-order valence-electron chi connectivity index (χ0n) is 13.0. The second-order valence-corrected chi connectivity index (χ2v) is 6.07. The molecule has 2 amide bonds. The maximum Gasteiger partial charge on any atom is 0.243 e. The molecule has 1 unspecified atom stereocenters. The minimum atomic E-state index is -0.372. The maximum absolute atomic E-state index is 12.7. The fourth-order valence-electron chi connectivity index (χ4n) is 3.14. The number of fused-ring (bicyclic) bond motifs is 1. The van der Waals surface area contributed by atoms with Crippen molar-refractivity contribution < 1.29 is 9.59 Å². The summed E-state index contributed by atoms with van der Waals surface area (Å²) >= 11 is 0. The average molecular weight is 299 g/mol. The van der Waals surface area contributed by atoms with Crippen molar-refractivity contribution in [2.24, 2.45) is 5.92 Å². The van der Waals surface area contributed by atoms with Gasteiger partial charge in [0.05, 0.1) is 0 Å². The van der Waals surface area contributed by atoms with E-state index in [1.54, 1.807) is 4.90 Å². The van der Waals surface area contributed by atoms with Gasteiger partial charge < -0.3 is 14.8 Å². The number of carbonyl (C=O) groups excluding carboxylic acids is 2. The molecule has 1 aliphatic rings. The first-order valence-electron chi connectivity index (χ1n) is 7.69. The summed E-state index contributed by atoms with van der Waals surface area (Å²) in [5, 5.41) is 3.96. The number of rotatable bonds is 3. The van der Waals surface area contributed by atoms with Crippen LogP contribution in [0, 0.1) is 5.92 Å². The number of piperazine rings is 1. The smallest absolute Gasteiger partial charge is 0.243 e. The van der Waals surface area contributed by atoms with Gasteiger partial charge in [0.15, 0.2) is 0 Å². The standard InChI is InChI=1S/C17H21N3O2/c1-12(2)16-17(22)18-8-10-20(16)15(21)11-19-9-7-13-5-3-4-6-14(13)19/h3-7,9,12,16H,8,10-11H2,1-2H3,(H,18,22). The van der Waals surface area contributed by atoms with Crippen molar-refractivity contribution in [1.29, 1.82) is 0 Å². The van der Waals surface area contributed by atoms with E-state index < -0.39 is 0 Å². The molecule has 1 aromatic carbocycles. The summed E-state index contributed by atoms with van der Waals surface area (Å²) in [6.45, 7) is 5.32. The average Bonchev–Trinajstić information content (AvgIpc) is 2.90. The summed E-state index contributed by atoms with van der Waals surface area (Å²) in [6, 6.07) is 9.62. The number of nitrogens with zero attached hydrogens (tertiary/aromatic N) is 2. The van der Waals surface area contributed by atoms with Crippen LogP contribution in [0.25, 0.3) is 10.9 Å². The van der Waals surface area contributed by atoms with Gasteiger partial charge in [-0.15, -0.1) is 0 Å². The third-order valence-electron chi connectivity index (χ3n) is 4.19. The van der Waals surface area contributed by atoms with Gasteiger partial charge in [-0.25, -0.2) is 0 Å². The lowest BCUT2D eigenvalue weighted by molar-refractivity contribution is -0.145. The SMILES string of the molecule is CC(C)C1C(=O)NCCN1C(=O)Cn1ccc2ccccc21. The summed E-state index contributed by atoms with van der Waals surface area (Å²) in [7, 11) is 0. The van der Waals surface area contributed by atoms with Crippen molar-refractivity contribution in [1.82, 2.24) is 14.8 Å². The predicted molar refractivity (Wildman–Crippen MR) is 85.3 cm³/mol. The third kappa shape index (κ3) is 2.58. The number of amides is 2. The molecular weight excluding hydrogens is 278 g/mol. The Morgan fingerprint density at radius 2 is 2.09 bits per heavy atom. The van der Waals surface area contributed by atoms with Crippen LogP contribution in [0.5, 0.6) is 0 Å². The van der Waals surface area contributed by atoms with Gasteiger partial charge in [-0.05, 0) is 23.4 Å². The van der Waals surface area contributed by atoms with E-state index in [0.29, 0.717) is 13.1 Å². The summed E-state index contributed by atoms with van der Waals surface area (Å²) in [5.74, 6) is 0.0486. The molecule has 1 fully saturated rings. The van der Waals surface area contributed by atoms with Gasteiger partial charge in [0.2, 0.25) is 11.8 Å². The molecule has 0 saturated carbocycles. The second kappa shape index (κ2) is 5.83. The highest BCUT2D eigenvalue weighted by Gasteiger charge is 2.35. The highest BCUT2D eigenvalue weighted by Crippen LogP contribution is 2.18. The molecule has 22 heavy (non-hydrogen) atoms. The molecule has 0 aliphatic carbocycles. The fraction of sp³-hybridized carbons (Fsp3) is 0.412. The summed E-state index contributed by atoms with van der Waals surface area (Å²) in [5.41, 5.74) is 1.04. The Balaban J connectivity index is 1.82. The Labute approximate surface area is 129 Å². The van der Waals surface area contributed by atoms with Gasteiger partial charge in [0.25, 0.3) is 0 Å². The Morgan fingerprint density at radius 3 is 2.86 bits per heavy atom. The van der Waals surface area contributed by atoms with Gasteiger partial charge in [-0.2, -0.15) is 0 Å². The largest absolute Gasteiger partial charge is 0.353 e. The molecule has 1 aromatic heterocycles. The van der Waals surface area contributed by atoms with Gasteiger partial charge in [0, 0.05) is 24.8 Å². The maximum atomic E-state index is 12.7. The zero-order valence-corrected chi connectivity index (χ0v) is 13.0. The molecule has 116 valence electrons. The normalized spacial score (nSPS) is 18.8. The van der Waals surface area contributed by atoms with Crippen LogP contribution in [0.1, 0.15) is 13.8 Å². The predicted octanol–water partition coefficient (Wildman–Crippen LogP) is 1.62. The van der Waals surface area contributed by atoms with Crippen molar-refractivity contribution in [2.75, 3.05) is 13.1 Å².